The predicted molar refractivity (Wildman–Crippen MR) is 68.3 cm³/mol. The first kappa shape index (κ1) is 12.2. The minimum atomic E-state index is 0.0485. The number of rotatable bonds is 4. The van der Waals surface area contributed by atoms with Crippen molar-refractivity contribution in [3.8, 4) is 0 Å². The van der Waals surface area contributed by atoms with Crippen molar-refractivity contribution in [2.75, 3.05) is 13.2 Å². The first-order valence-electron chi connectivity index (χ1n) is 6.70. The van der Waals surface area contributed by atoms with Crippen molar-refractivity contribution in [3.05, 3.63) is 35.4 Å². The Morgan fingerprint density at radius 2 is 2.22 bits per heavy atom. The van der Waals surface area contributed by atoms with Gasteiger partial charge in [0.1, 0.15) is 0 Å². The molecule has 0 aromatic heterocycles. The number of fused-ring (bicyclic) bond motifs is 1. The van der Waals surface area contributed by atoms with Gasteiger partial charge in [0.2, 0.25) is 0 Å². The first-order chi connectivity index (χ1) is 8.75. The molecule has 2 heterocycles. The second-order valence-corrected chi connectivity index (χ2v) is 5.20. The first-order valence-corrected chi connectivity index (χ1v) is 6.70. The van der Waals surface area contributed by atoms with Gasteiger partial charge < -0.3 is 14.2 Å². The maximum atomic E-state index is 5.94. The molecule has 0 N–H and O–H groups in total. The van der Waals surface area contributed by atoms with Gasteiger partial charge in [0.15, 0.2) is 6.29 Å². The Labute approximate surface area is 108 Å². The minimum Gasteiger partial charge on any atom is -0.371 e. The van der Waals surface area contributed by atoms with E-state index in [9.17, 15) is 0 Å². The lowest BCUT2D eigenvalue weighted by molar-refractivity contribution is -0.277. The third-order valence-corrected chi connectivity index (χ3v) is 4.01. The normalized spacial score (nSPS) is 31.8. The van der Waals surface area contributed by atoms with E-state index in [1.807, 2.05) is 0 Å². The Hall–Kier alpha value is -0.900. The molecular weight excluding hydrogens is 228 g/mol. The largest absolute Gasteiger partial charge is 0.371 e. The fraction of sp³-hybridized carbons (Fsp3) is 0.600. The summed E-state index contributed by atoms with van der Waals surface area (Å²) in [6, 6.07) is 8.36. The second kappa shape index (κ2) is 5.00. The van der Waals surface area contributed by atoms with Gasteiger partial charge in [-0.15, -0.1) is 0 Å². The lowest BCUT2D eigenvalue weighted by Gasteiger charge is -2.39. The highest BCUT2D eigenvalue weighted by Gasteiger charge is 2.46. The molecule has 0 amide bonds. The van der Waals surface area contributed by atoms with Gasteiger partial charge in [-0.05, 0) is 31.4 Å². The summed E-state index contributed by atoms with van der Waals surface area (Å²) >= 11 is 0. The zero-order valence-electron chi connectivity index (χ0n) is 11.0. The average molecular weight is 248 g/mol. The van der Waals surface area contributed by atoms with Gasteiger partial charge >= 0.3 is 0 Å². The molecule has 3 heteroatoms. The molecule has 1 aromatic rings. The molecule has 0 aliphatic carbocycles. The lowest BCUT2D eigenvalue weighted by atomic mass is 9.95. The predicted octanol–water partition coefficient (Wildman–Crippen LogP) is 2.83. The van der Waals surface area contributed by atoms with E-state index in [4.69, 9.17) is 14.2 Å². The summed E-state index contributed by atoms with van der Waals surface area (Å²) in [6.45, 7) is 5.72. The van der Waals surface area contributed by atoms with Crippen LogP contribution in [0.1, 0.15) is 30.6 Å². The van der Waals surface area contributed by atoms with Crippen LogP contribution in [0.2, 0.25) is 0 Å². The molecule has 0 bridgehead atoms. The molecule has 98 valence electrons. The molecule has 18 heavy (non-hydrogen) atoms. The van der Waals surface area contributed by atoms with Crippen LogP contribution in [0.5, 0.6) is 0 Å². The summed E-state index contributed by atoms with van der Waals surface area (Å²) in [5, 5.41) is 0. The Balaban J connectivity index is 1.53. The summed E-state index contributed by atoms with van der Waals surface area (Å²) < 4.78 is 17.0. The van der Waals surface area contributed by atoms with E-state index < -0.39 is 0 Å². The SMILES string of the molecule is Cc1ccccc1C(C)OCC1OC2OCCC12. The van der Waals surface area contributed by atoms with Crippen molar-refractivity contribution in [1.82, 2.24) is 0 Å². The van der Waals surface area contributed by atoms with E-state index in [-0.39, 0.29) is 18.5 Å². The highest BCUT2D eigenvalue weighted by molar-refractivity contribution is 5.27. The molecular formula is C15H20O3. The van der Waals surface area contributed by atoms with Crippen molar-refractivity contribution in [1.29, 1.82) is 0 Å². The van der Waals surface area contributed by atoms with Crippen LogP contribution in [-0.2, 0) is 14.2 Å². The Bertz CT molecular complexity index is 418. The van der Waals surface area contributed by atoms with Gasteiger partial charge in [0.25, 0.3) is 0 Å². The van der Waals surface area contributed by atoms with E-state index in [1.165, 1.54) is 11.1 Å². The van der Waals surface area contributed by atoms with Gasteiger partial charge in [-0.2, -0.15) is 0 Å². The molecule has 4 unspecified atom stereocenters. The molecule has 1 aromatic carbocycles. The third-order valence-electron chi connectivity index (χ3n) is 4.01. The Morgan fingerprint density at radius 3 is 3.00 bits per heavy atom. The molecule has 2 saturated heterocycles. The van der Waals surface area contributed by atoms with Crippen LogP contribution in [0.4, 0.5) is 0 Å². The smallest absolute Gasteiger partial charge is 0.163 e. The quantitative estimate of drug-likeness (QED) is 0.820. The topological polar surface area (TPSA) is 27.7 Å². The Kier molecular flexibility index (Phi) is 3.37. The summed E-state index contributed by atoms with van der Waals surface area (Å²) in [7, 11) is 0. The van der Waals surface area contributed by atoms with E-state index in [0.29, 0.717) is 12.5 Å². The van der Waals surface area contributed by atoms with Crippen molar-refractivity contribution >= 4 is 0 Å². The van der Waals surface area contributed by atoms with Crippen LogP contribution in [0.25, 0.3) is 0 Å². The zero-order chi connectivity index (χ0) is 12.5. The van der Waals surface area contributed by atoms with Gasteiger partial charge in [-0.25, -0.2) is 0 Å². The lowest BCUT2D eigenvalue weighted by Crippen LogP contribution is -2.48. The van der Waals surface area contributed by atoms with Crippen LogP contribution in [0, 0.1) is 12.8 Å². The molecule has 3 rings (SSSR count). The number of hydrogen-bond acceptors (Lipinski definition) is 3. The van der Waals surface area contributed by atoms with Crippen molar-refractivity contribution in [2.45, 2.75) is 38.8 Å². The monoisotopic (exact) mass is 248 g/mol. The average Bonchev–Trinajstić information content (AvgIpc) is 2.71. The summed E-state index contributed by atoms with van der Waals surface area (Å²) in [5.41, 5.74) is 2.54. The van der Waals surface area contributed by atoms with Crippen molar-refractivity contribution < 1.29 is 14.2 Å². The van der Waals surface area contributed by atoms with E-state index in [2.05, 4.69) is 38.1 Å². The zero-order valence-corrected chi connectivity index (χ0v) is 11.0. The van der Waals surface area contributed by atoms with Gasteiger partial charge in [-0.3, -0.25) is 0 Å². The van der Waals surface area contributed by atoms with E-state index in [0.717, 1.165) is 13.0 Å². The molecule has 2 aliphatic rings. The van der Waals surface area contributed by atoms with Gasteiger partial charge in [-0.1, -0.05) is 24.3 Å². The van der Waals surface area contributed by atoms with Gasteiger partial charge in [0.05, 0.1) is 25.4 Å². The van der Waals surface area contributed by atoms with E-state index >= 15 is 0 Å². The molecule has 3 nitrogen and oxygen atoms in total. The second-order valence-electron chi connectivity index (χ2n) is 5.20. The van der Waals surface area contributed by atoms with Crippen LogP contribution in [-0.4, -0.2) is 25.6 Å². The summed E-state index contributed by atoms with van der Waals surface area (Å²) in [6.07, 6.45) is 1.50. The maximum Gasteiger partial charge on any atom is 0.163 e. The van der Waals surface area contributed by atoms with Crippen LogP contribution < -0.4 is 0 Å². The fourth-order valence-electron chi connectivity index (χ4n) is 2.80. The van der Waals surface area contributed by atoms with Crippen molar-refractivity contribution in [2.24, 2.45) is 5.92 Å². The van der Waals surface area contributed by atoms with Crippen LogP contribution >= 0.6 is 0 Å². The molecule has 0 spiro atoms. The summed E-state index contributed by atoms with van der Waals surface area (Å²) in [5.74, 6) is 0.550. The number of aryl methyl sites for hydroxylation is 1. The highest BCUT2D eigenvalue weighted by atomic mass is 16.7. The van der Waals surface area contributed by atoms with Crippen LogP contribution in [0.15, 0.2) is 24.3 Å². The summed E-state index contributed by atoms with van der Waals surface area (Å²) in [4.78, 5) is 0. The molecule has 0 radical (unpaired) electrons. The molecule has 4 atom stereocenters. The molecule has 2 fully saturated rings. The number of benzene rings is 1. The number of ether oxygens (including phenoxy) is 3. The minimum absolute atomic E-state index is 0.0485. The highest BCUT2D eigenvalue weighted by Crippen LogP contribution is 2.38. The molecule has 0 saturated carbocycles. The standard InChI is InChI=1S/C15H20O3/c1-10-5-3-4-6-12(10)11(2)17-9-14-13-7-8-16-15(13)18-14/h3-6,11,13-15H,7-9H2,1-2H3. The molecule has 2 aliphatic heterocycles. The maximum absolute atomic E-state index is 5.94. The van der Waals surface area contributed by atoms with Crippen LogP contribution in [0.3, 0.4) is 0 Å². The fourth-order valence-corrected chi connectivity index (χ4v) is 2.80. The van der Waals surface area contributed by atoms with E-state index in [1.54, 1.807) is 0 Å². The van der Waals surface area contributed by atoms with Gasteiger partial charge in [0, 0.05) is 5.92 Å². The van der Waals surface area contributed by atoms with Crippen molar-refractivity contribution in [3.63, 3.8) is 0 Å². The number of hydrogen-bond donors (Lipinski definition) is 0. The third kappa shape index (κ3) is 2.18. The Morgan fingerprint density at radius 1 is 1.39 bits per heavy atom.